The number of hydrogen-bond donors (Lipinski definition) is 1. The molecule has 0 bridgehead atoms. The Bertz CT molecular complexity index is 1070. The van der Waals surface area contributed by atoms with E-state index in [9.17, 15) is 9.59 Å². The Morgan fingerprint density at radius 3 is 2.84 bits per heavy atom. The topological polar surface area (TPSA) is 76.5 Å². The highest BCUT2D eigenvalue weighted by Gasteiger charge is 2.42. The number of rotatable bonds is 7. The van der Waals surface area contributed by atoms with Gasteiger partial charge in [-0.3, -0.25) is 14.3 Å². The van der Waals surface area contributed by atoms with E-state index in [2.05, 4.69) is 10.4 Å². The van der Waals surface area contributed by atoms with Crippen molar-refractivity contribution >= 4 is 29.1 Å². The number of hydrogen-bond acceptors (Lipinski definition) is 4. The lowest BCUT2D eigenvalue weighted by Gasteiger charge is -2.25. The second-order valence-corrected chi connectivity index (χ2v) is 7.89. The maximum absolute atomic E-state index is 13.1. The van der Waals surface area contributed by atoms with Gasteiger partial charge in [-0.25, -0.2) is 0 Å². The number of nitrogens with zero attached hydrogens (tertiary/aromatic N) is 3. The monoisotopic (exact) mass is 438 g/mol. The third-order valence-electron chi connectivity index (χ3n) is 5.36. The van der Waals surface area contributed by atoms with Gasteiger partial charge in [-0.15, -0.1) is 0 Å². The fraction of sp³-hybridized carbons (Fsp3) is 0.261. The van der Waals surface area contributed by atoms with Crippen LogP contribution in [-0.4, -0.2) is 40.1 Å². The summed E-state index contributed by atoms with van der Waals surface area (Å²) in [5.41, 5.74) is 1.46. The second-order valence-electron chi connectivity index (χ2n) is 7.45. The molecule has 1 aliphatic rings. The van der Waals surface area contributed by atoms with Gasteiger partial charge in [0, 0.05) is 42.6 Å². The van der Waals surface area contributed by atoms with E-state index in [0.717, 1.165) is 5.56 Å². The number of amides is 2. The van der Waals surface area contributed by atoms with Crippen LogP contribution >= 0.6 is 11.6 Å². The number of anilines is 1. The minimum Gasteiger partial charge on any atom is -0.492 e. The highest BCUT2D eigenvalue weighted by atomic mass is 35.5. The fourth-order valence-corrected chi connectivity index (χ4v) is 4.04. The summed E-state index contributed by atoms with van der Waals surface area (Å²) >= 11 is 6.13. The summed E-state index contributed by atoms with van der Waals surface area (Å²) in [5.74, 6) is -0.145. The van der Waals surface area contributed by atoms with Gasteiger partial charge >= 0.3 is 0 Å². The molecule has 2 aromatic carbocycles. The van der Waals surface area contributed by atoms with Crippen molar-refractivity contribution in [2.24, 2.45) is 5.92 Å². The molecule has 8 heteroatoms. The molecule has 1 aliphatic heterocycles. The molecule has 0 radical (unpaired) electrons. The fourth-order valence-electron chi connectivity index (χ4n) is 3.84. The van der Waals surface area contributed by atoms with Crippen LogP contribution in [0.3, 0.4) is 0 Å². The molecule has 1 aromatic heterocycles. The van der Waals surface area contributed by atoms with E-state index in [1.54, 1.807) is 47.1 Å². The third-order valence-corrected chi connectivity index (χ3v) is 5.60. The molecule has 2 atom stereocenters. The normalized spacial score (nSPS) is 18.3. The Labute approximate surface area is 185 Å². The van der Waals surface area contributed by atoms with Crippen molar-refractivity contribution in [3.63, 3.8) is 0 Å². The first kappa shape index (κ1) is 20.9. The number of carbonyl (C=O) groups is 2. The first-order valence-corrected chi connectivity index (χ1v) is 10.4. The molecule has 0 aliphatic carbocycles. The largest absolute Gasteiger partial charge is 0.492 e. The first-order valence-electron chi connectivity index (χ1n) is 10.0. The number of nitrogens with one attached hydrogen (secondary N) is 1. The third kappa shape index (κ3) is 4.88. The van der Waals surface area contributed by atoms with Gasteiger partial charge in [-0.1, -0.05) is 29.8 Å². The lowest BCUT2D eigenvalue weighted by atomic mass is 9.93. The molecule has 3 aromatic rings. The van der Waals surface area contributed by atoms with Gasteiger partial charge in [0.2, 0.25) is 11.8 Å². The standard InChI is InChI=1S/C23H23ClN4O3/c1-27-21(29)15-20(22(27)16-5-2-6-17(24)13-16)23(30)26-18-7-3-8-19(14-18)31-12-11-28-10-4-9-25-28/h2-10,13-14,20,22H,11-12,15H2,1H3,(H,26,30). The molecular weight excluding hydrogens is 416 g/mol. The quantitative estimate of drug-likeness (QED) is 0.609. The summed E-state index contributed by atoms with van der Waals surface area (Å²) in [6.45, 7) is 1.08. The molecule has 2 amide bonds. The molecule has 31 heavy (non-hydrogen) atoms. The molecule has 1 N–H and O–H groups in total. The minimum absolute atomic E-state index is 0.0687. The Kier molecular flexibility index (Phi) is 6.23. The Hall–Kier alpha value is -3.32. The van der Waals surface area contributed by atoms with Gasteiger partial charge in [0.1, 0.15) is 12.4 Å². The van der Waals surface area contributed by atoms with Gasteiger partial charge in [-0.05, 0) is 35.9 Å². The summed E-state index contributed by atoms with van der Waals surface area (Å²) in [7, 11) is 1.72. The van der Waals surface area contributed by atoms with Crippen LogP contribution < -0.4 is 10.1 Å². The van der Waals surface area contributed by atoms with E-state index in [-0.39, 0.29) is 24.3 Å². The molecule has 2 unspecified atom stereocenters. The van der Waals surface area contributed by atoms with Crippen LogP contribution in [0.2, 0.25) is 5.02 Å². The minimum atomic E-state index is -0.514. The van der Waals surface area contributed by atoms with Gasteiger partial charge in [0.15, 0.2) is 0 Å². The Morgan fingerprint density at radius 1 is 1.23 bits per heavy atom. The zero-order valence-corrected chi connectivity index (χ0v) is 17.8. The highest BCUT2D eigenvalue weighted by Crippen LogP contribution is 2.38. The van der Waals surface area contributed by atoms with Crippen molar-refractivity contribution in [2.75, 3.05) is 19.0 Å². The number of aromatic nitrogens is 2. The van der Waals surface area contributed by atoms with Crippen molar-refractivity contribution in [3.05, 3.63) is 77.6 Å². The molecule has 2 heterocycles. The smallest absolute Gasteiger partial charge is 0.230 e. The van der Waals surface area contributed by atoms with E-state index >= 15 is 0 Å². The summed E-state index contributed by atoms with van der Waals surface area (Å²) in [4.78, 5) is 27.1. The van der Waals surface area contributed by atoms with Crippen LogP contribution in [0.1, 0.15) is 18.0 Å². The van der Waals surface area contributed by atoms with Crippen molar-refractivity contribution < 1.29 is 14.3 Å². The number of likely N-dealkylation sites (tertiary alicyclic amines) is 1. The zero-order chi connectivity index (χ0) is 21.8. The van der Waals surface area contributed by atoms with Crippen LogP contribution in [0.5, 0.6) is 5.75 Å². The highest BCUT2D eigenvalue weighted by molar-refractivity contribution is 6.30. The maximum Gasteiger partial charge on any atom is 0.230 e. The number of halogens is 1. The van der Waals surface area contributed by atoms with E-state index < -0.39 is 5.92 Å². The van der Waals surface area contributed by atoms with Crippen LogP contribution in [0.4, 0.5) is 5.69 Å². The molecule has 160 valence electrons. The predicted octanol–water partition coefficient (Wildman–Crippen LogP) is 3.77. The van der Waals surface area contributed by atoms with Gasteiger partial charge in [0.25, 0.3) is 0 Å². The van der Waals surface area contributed by atoms with Crippen LogP contribution in [0.25, 0.3) is 0 Å². The van der Waals surface area contributed by atoms with Crippen LogP contribution in [0, 0.1) is 5.92 Å². The lowest BCUT2D eigenvalue weighted by Crippen LogP contribution is -2.30. The molecular formula is C23H23ClN4O3. The van der Waals surface area contributed by atoms with Crippen molar-refractivity contribution in [3.8, 4) is 5.75 Å². The van der Waals surface area contributed by atoms with Crippen LogP contribution in [-0.2, 0) is 16.1 Å². The van der Waals surface area contributed by atoms with Crippen LogP contribution in [0.15, 0.2) is 67.0 Å². The lowest BCUT2D eigenvalue weighted by molar-refractivity contribution is -0.127. The van der Waals surface area contributed by atoms with Crippen molar-refractivity contribution in [1.29, 1.82) is 0 Å². The van der Waals surface area contributed by atoms with Gasteiger partial charge in [-0.2, -0.15) is 5.10 Å². The van der Waals surface area contributed by atoms with E-state index in [1.165, 1.54) is 0 Å². The Balaban J connectivity index is 1.43. The average Bonchev–Trinajstić information content (AvgIpc) is 3.37. The van der Waals surface area contributed by atoms with Crippen molar-refractivity contribution in [2.45, 2.75) is 19.0 Å². The van der Waals surface area contributed by atoms with Crippen molar-refractivity contribution in [1.82, 2.24) is 14.7 Å². The summed E-state index contributed by atoms with van der Waals surface area (Å²) < 4.78 is 7.56. The van der Waals surface area contributed by atoms with E-state index in [1.807, 2.05) is 36.5 Å². The number of ether oxygens (including phenoxy) is 1. The number of carbonyl (C=O) groups excluding carboxylic acids is 2. The molecule has 0 saturated carbocycles. The molecule has 1 saturated heterocycles. The average molecular weight is 439 g/mol. The number of benzene rings is 2. The summed E-state index contributed by atoms with van der Waals surface area (Å²) in [6.07, 6.45) is 3.74. The Morgan fingerprint density at radius 2 is 2.06 bits per heavy atom. The van der Waals surface area contributed by atoms with Gasteiger partial charge < -0.3 is 15.0 Å². The summed E-state index contributed by atoms with van der Waals surface area (Å²) in [5, 5.41) is 7.65. The zero-order valence-electron chi connectivity index (χ0n) is 17.1. The van der Waals surface area contributed by atoms with E-state index in [4.69, 9.17) is 16.3 Å². The predicted molar refractivity (Wildman–Crippen MR) is 118 cm³/mol. The molecule has 1 fully saturated rings. The molecule has 0 spiro atoms. The first-order chi connectivity index (χ1) is 15.0. The van der Waals surface area contributed by atoms with E-state index in [0.29, 0.717) is 29.6 Å². The summed E-state index contributed by atoms with van der Waals surface area (Å²) in [6, 6.07) is 16.0. The maximum atomic E-state index is 13.1. The second kappa shape index (κ2) is 9.22. The SMILES string of the molecule is CN1C(=O)CC(C(=O)Nc2cccc(OCCn3cccn3)c2)C1c1cccc(Cl)c1. The van der Waals surface area contributed by atoms with Gasteiger partial charge in [0.05, 0.1) is 18.5 Å². The molecule has 4 rings (SSSR count). The molecule has 7 nitrogen and oxygen atoms in total.